The Morgan fingerprint density at radius 1 is 1.25 bits per heavy atom. The second-order valence-electron chi connectivity index (χ2n) is 5.52. The first-order chi connectivity index (χ1) is 11.0. The van der Waals surface area contributed by atoms with Gasteiger partial charge in [-0.2, -0.15) is 11.8 Å². The minimum atomic E-state index is -0.447. The normalized spacial score (nSPS) is 15.6. The van der Waals surface area contributed by atoms with Gasteiger partial charge in [0.2, 0.25) is 5.91 Å². The van der Waals surface area contributed by atoms with Crippen LogP contribution in [0.15, 0.2) is 24.3 Å². The zero-order chi connectivity index (χ0) is 16.8. The largest absolute Gasteiger partial charge is 0.338 e. The van der Waals surface area contributed by atoms with Crippen LogP contribution in [0.5, 0.6) is 0 Å². The highest BCUT2D eigenvalue weighted by Gasteiger charge is 2.27. The molecule has 0 bridgehead atoms. The third-order valence-electron chi connectivity index (χ3n) is 3.90. The highest BCUT2D eigenvalue weighted by Crippen LogP contribution is 2.14. The van der Waals surface area contributed by atoms with Crippen LogP contribution in [-0.2, 0) is 4.79 Å². The summed E-state index contributed by atoms with van der Waals surface area (Å²) in [5.41, 5.74) is 6.51. The number of carbonyl (C=O) groups excluding carboxylic acids is 2. The summed E-state index contributed by atoms with van der Waals surface area (Å²) in [6.45, 7) is 2.09. The van der Waals surface area contributed by atoms with Gasteiger partial charge in [0.25, 0.3) is 5.91 Å². The summed E-state index contributed by atoms with van der Waals surface area (Å²) in [6, 6.07) is 6.48. The highest BCUT2D eigenvalue weighted by molar-refractivity contribution is 7.98. The van der Waals surface area contributed by atoms with Crippen molar-refractivity contribution in [3.05, 3.63) is 34.9 Å². The summed E-state index contributed by atoms with van der Waals surface area (Å²) in [5, 5.41) is 0.546. The number of nitrogens with zero attached hydrogens (tertiary/aromatic N) is 2. The average Bonchev–Trinajstić information content (AvgIpc) is 2.58. The second-order valence-corrected chi connectivity index (χ2v) is 6.94. The van der Waals surface area contributed by atoms with Crippen molar-refractivity contribution < 1.29 is 9.59 Å². The van der Waals surface area contributed by atoms with Crippen LogP contribution in [0.4, 0.5) is 0 Å². The number of carbonyl (C=O) groups is 2. The van der Waals surface area contributed by atoms with Gasteiger partial charge in [0, 0.05) is 36.8 Å². The van der Waals surface area contributed by atoms with Crippen molar-refractivity contribution in [2.75, 3.05) is 38.2 Å². The van der Waals surface area contributed by atoms with Gasteiger partial charge in [-0.25, -0.2) is 0 Å². The van der Waals surface area contributed by atoms with Gasteiger partial charge in [-0.1, -0.05) is 17.7 Å². The van der Waals surface area contributed by atoms with Gasteiger partial charge >= 0.3 is 0 Å². The zero-order valence-electron chi connectivity index (χ0n) is 13.6. The molecule has 1 aromatic carbocycles. The Labute approximate surface area is 158 Å². The fourth-order valence-electron chi connectivity index (χ4n) is 2.54. The van der Waals surface area contributed by atoms with Gasteiger partial charge in [-0.3, -0.25) is 9.59 Å². The Balaban J connectivity index is 0.00000288. The third kappa shape index (κ3) is 5.55. The molecule has 134 valence electrons. The molecule has 0 saturated carbocycles. The summed E-state index contributed by atoms with van der Waals surface area (Å²) in [5.74, 6) is 0.806. The van der Waals surface area contributed by atoms with Crippen molar-refractivity contribution in [3.63, 3.8) is 0 Å². The Hall–Kier alpha value is -0.950. The SMILES string of the molecule is CSCC[C@H](N)C(=O)N1CCN(C(=O)c2cccc(Cl)c2)CC1.Cl. The number of thioether (sulfide) groups is 1. The number of amides is 2. The molecule has 24 heavy (non-hydrogen) atoms. The summed E-state index contributed by atoms with van der Waals surface area (Å²) in [7, 11) is 0. The molecule has 0 aliphatic carbocycles. The maximum absolute atomic E-state index is 12.4. The standard InChI is InChI=1S/C16H22ClN3O2S.ClH/c1-23-10-5-14(18)16(22)20-8-6-19(7-9-20)15(21)12-3-2-4-13(17)11-12;/h2-4,11,14H,5-10,18H2,1H3;1H/t14-;/m0./s1. The summed E-state index contributed by atoms with van der Waals surface area (Å²) in [6.07, 6.45) is 2.68. The van der Waals surface area contributed by atoms with Gasteiger partial charge < -0.3 is 15.5 Å². The van der Waals surface area contributed by atoms with Crippen LogP contribution in [0, 0.1) is 0 Å². The van der Waals surface area contributed by atoms with Crippen molar-refractivity contribution in [2.24, 2.45) is 5.73 Å². The van der Waals surface area contributed by atoms with E-state index < -0.39 is 6.04 Å². The molecule has 1 saturated heterocycles. The van der Waals surface area contributed by atoms with Crippen LogP contribution in [0.3, 0.4) is 0 Å². The van der Waals surface area contributed by atoms with Crippen LogP contribution < -0.4 is 5.73 Å². The molecule has 2 amide bonds. The second kappa shape index (κ2) is 10.1. The summed E-state index contributed by atoms with van der Waals surface area (Å²) in [4.78, 5) is 28.2. The van der Waals surface area contributed by atoms with Crippen molar-refractivity contribution in [1.82, 2.24) is 9.80 Å². The maximum atomic E-state index is 12.4. The lowest BCUT2D eigenvalue weighted by molar-refractivity contribution is -0.134. The monoisotopic (exact) mass is 391 g/mol. The lowest BCUT2D eigenvalue weighted by Gasteiger charge is -2.36. The molecule has 0 unspecified atom stereocenters. The fourth-order valence-corrected chi connectivity index (χ4v) is 3.22. The minimum absolute atomic E-state index is 0. The van der Waals surface area contributed by atoms with Crippen LogP contribution in [0.1, 0.15) is 16.8 Å². The van der Waals surface area contributed by atoms with Gasteiger partial charge in [-0.15, -0.1) is 12.4 Å². The molecule has 1 heterocycles. The van der Waals surface area contributed by atoms with Crippen molar-refractivity contribution in [1.29, 1.82) is 0 Å². The number of hydrogen-bond acceptors (Lipinski definition) is 4. The van der Waals surface area contributed by atoms with Crippen LogP contribution in [0.25, 0.3) is 0 Å². The topological polar surface area (TPSA) is 66.6 Å². The van der Waals surface area contributed by atoms with E-state index >= 15 is 0 Å². The minimum Gasteiger partial charge on any atom is -0.338 e. The van der Waals surface area contributed by atoms with E-state index in [2.05, 4.69) is 0 Å². The number of halogens is 2. The fraction of sp³-hybridized carbons (Fsp3) is 0.500. The molecular formula is C16H23Cl2N3O2S. The van der Waals surface area contributed by atoms with E-state index in [0.29, 0.717) is 43.2 Å². The molecule has 1 aromatic rings. The molecule has 5 nitrogen and oxygen atoms in total. The first-order valence-electron chi connectivity index (χ1n) is 7.61. The van der Waals surface area contributed by atoms with Gasteiger partial charge in [0.1, 0.15) is 0 Å². The van der Waals surface area contributed by atoms with E-state index in [0.717, 1.165) is 5.75 Å². The van der Waals surface area contributed by atoms with Crippen molar-refractivity contribution in [3.8, 4) is 0 Å². The van der Waals surface area contributed by atoms with E-state index in [4.69, 9.17) is 17.3 Å². The average molecular weight is 392 g/mol. The van der Waals surface area contributed by atoms with Crippen molar-refractivity contribution >= 4 is 47.6 Å². The van der Waals surface area contributed by atoms with Gasteiger partial charge in [-0.05, 0) is 36.6 Å². The lowest BCUT2D eigenvalue weighted by atomic mass is 10.1. The number of rotatable bonds is 5. The summed E-state index contributed by atoms with van der Waals surface area (Å²) < 4.78 is 0. The van der Waals surface area contributed by atoms with Gasteiger partial charge in [0.05, 0.1) is 6.04 Å². The molecule has 8 heteroatoms. The van der Waals surface area contributed by atoms with Crippen LogP contribution >= 0.6 is 35.8 Å². The third-order valence-corrected chi connectivity index (χ3v) is 4.78. The molecule has 0 aromatic heterocycles. The van der Waals surface area contributed by atoms with E-state index in [1.807, 2.05) is 6.26 Å². The number of piperazine rings is 1. The molecule has 2 rings (SSSR count). The number of benzene rings is 1. The van der Waals surface area contributed by atoms with Crippen molar-refractivity contribution in [2.45, 2.75) is 12.5 Å². The Morgan fingerprint density at radius 2 is 1.88 bits per heavy atom. The predicted molar refractivity (Wildman–Crippen MR) is 102 cm³/mol. The van der Waals surface area contributed by atoms with Crippen LogP contribution in [-0.4, -0.2) is 65.8 Å². The highest BCUT2D eigenvalue weighted by atomic mass is 35.5. The number of nitrogens with two attached hydrogens (primary N) is 1. The predicted octanol–water partition coefficient (Wildman–Crippen LogP) is 2.13. The summed E-state index contributed by atoms with van der Waals surface area (Å²) >= 11 is 7.61. The molecule has 0 spiro atoms. The number of hydrogen-bond donors (Lipinski definition) is 1. The molecular weight excluding hydrogens is 369 g/mol. The molecule has 2 N–H and O–H groups in total. The first kappa shape index (κ1) is 21.1. The van der Waals surface area contributed by atoms with E-state index in [1.165, 1.54) is 0 Å². The molecule has 1 fully saturated rings. The van der Waals surface area contributed by atoms with Gasteiger partial charge in [0.15, 0.2) is 0 Å². The zero-order valence-corrected chi connectivity index (χ0v) is 16.0. The van der Waals surface area contributed by atoms with E-state index in [1.54, 1.807) is 45.8 Å². The smallest absolute Gasteiger partial charge is 0.254 e. The Bertz CT molecular complexity index is 566. The first-order valence-corrected chi connectivity index (χ1v) is 9.38. The quantitative estimate of drug-likeness (QED) is 0.834. The maximum Gasteiger partial charge on any atom is 0.254 e. The Kier molecular flexibility index (Phi) is 8.91. The molecule has 0 radical (unpaired) electrons. The lowest BCUT2D eigenvalue weighted by Crippen LogP contribution is -2.54. The van der Waals surface area contributed by atoms with Crippen LogP contribution in [0.2, 0.25) is 5.02 Å². The Morgan fingerprint density at radius 3 is 2.46 bits per heavy atom. The molecule has 1 atom stereocenters. The molecule has 1 aliphatic heterocycles. The molecule has 1 aliphatic rings. The van der Waals surface area contributed by atoms with E-state index in [-0.39, 0.29) is 24.2 Å². The van der Waals surface area contributed by atoms with E-state index in [9.17, 15) is 9.59 Å².